The molecule has 0 spiro atoms. The molecule has 0 aromatic heterocycles. The van der Waals surface area contributed by atoms with Gasteiger partial charge >= 0.3 is 6.03 Å². The zero-order valence-electron chi connectivity index (χ0n) is 19.4. The number of nitrogens with one attached hydrogen (secondary N) is 2. The van der Waals surface area contributed by atoms with Crippen LogP contribution in [0.1, 0.15) is 11.1 Å². The van der Waals surface area contributed by atoms with Crippen LogP contribution in [0, 0.1) is 13.0 Å². The molecule has 11 heteroatoms. The van der Waals surface area contributed by atoms with Gasteiger partial charge in [0, 0.05) is 0 Å². The number of hydrogen-bond acceptors (Lipinski definition) is 5. The van der Waals surface area contributed by atoms with E-state index in [2.05, 4.69) is 55.8 Å². The number of rotatable bonds is 8. The predicted molar refractivity (Wildman–Crippen MR) is 152 cm³/mol. The van der Waals surface area contributed by atoms with Gasteiger partial charge in [-0.2, -0.15) is 0 Å². The molecule has 1 aliphatic heterocycles. The summed E-state index contributed by atoms with van der Waals surface area (Å²) in [5.41, 5.74) is 1.85. The Morgan fingerprint density at radius 1 is 1.08 bits per heavy atom. The summed E-state index contributed by atoms with van der Waals surface area (Å²) in [6.45, 7) is -0.257. The van der Waals surface area contributed by atoms with Crippen LogP contribution in [0.2, 0.25) is 0 Å². The number of carbonyl (C=O) groups excluding carboxylic acids is 3. The highest BCUT2D eigenvalue weighted by molar-refractivity contribution is 14.1. The number of para-hydroxylation sites is 2. The molecule has 1 heterocycles. The number of nitrogens with zero attached hydrogens (tertiary/aromatic N) is 1. The average Bonchev–Trinajstić information content (AvgIpc) is 3.11. The molecule has 3 aromatic rings. The first-order valence-corrected chi connectivity index (χ1v) is 13.0. The van der Waals surface area contributed by atoms with E-state index in [1.165, 1.54) is 19.2 Å². The van der Waals surface area contributed by atoms with E-state index < -0.39 is 24.4 Å². The number of urea groups is 1. The summed E-state index contributed by atoms with van der Waals surface area (Å²) < 4.78 is 26.1. The van der Waals surface area contributed by atoms with Gasteiger partial charge in [-0.25, -0.2) is 14.1 Å². The van der Waals surface area contributed by atoms with Crippen molar-refractivity contribution in [1.29, 1.82) is 0 Å². The fourth-order valence-corrected chi connectivity index (χ4v) is 5.67. The molecule has 1 aliphatic rings. The normalized spacial score (nSPS) is 14.1. The monoisotopic (exact) mass is 727 g/mol. The Hall–Kier alpha value is -3.20. The third-order valence-electron chi connectivity index (χ3n) is 5.25. The Morgan fingerprint density at radius 3 is 2.51 bits per heavy atom. The molecule has 4 amide bonds. The Balaban J connectivity index is 1.44. The molecule has 4 rings (SSSR count). The Bertz CT molecular complexity index is 1390. The largest absolute Gasteiger partial charge is 0.495 e. The topological polar surface area (TPSA) is 97.0 Å². The van der Waals surface area contributed by atoms with Crippen LogP contribution < -0.4 is 20.1 Å². The van der Waals surface area contributed by atoms with E-state index >= 15 is 0 Å². The number of hydrogen-bond donors (Lipinski definition) is 2. The summed E-state index contributed by atoms with van der Waals surface area (Å²) in [7, 11) is 1.48. The lowest BCUT2D eigenvalue weighted by molar-refractivity contribution is -0.127. The van der Waals surface area contributed by atoms with E-state index in [4.69, 9.17) is 9.47 Å². The summed E-state index contributed by atoms with van der Waals surface area (Å²) in [5.74, 6) is -0.401. The Kier molecular flexibility index (Phi) is 8.63. The van der Waals surface area contributed by atoms with Crippen LogP contribution in [0.4, 0.5) is 14.9 Å². The van der Waals surface area contributed by atoms with Crippen LogP contribution in [0.3, 0.4) is 0 Å². The molecule has 8 nitrogen and oxygen atoms in total. The lowest BCUT2D eigenvalue weighted by Gasteiger charge is -2.13. The number of halogens is 3. The fraction of sp³-hybridized carbons (Fsp3) is 0.115. The number of carbonyl (C=O) groups is 3. The minimum Gasteiger partial charge on any atom is -0.495 e. The molecule has 37 heavy (non-hydrogen) atoms. The van der Waals surface area contributed by atoms with Crippen LogP contribution in [0.25, 0.3) is 6.08 Å². The molecular weight excluding hydrogens is 707 g/mol. The van der Waals surface area contributed by atoms with Crippen molar-refractivity contribution in [1.82, 2.24) is 10.2 Å². The van der Waals surface area contributed by atoms with E-state index in [0.717, 1.165) is 12.0 Å². The smallest absolute Gasteiger partial charge is 0.329 e. The molecule has 1 saturated heterocycles. The van der Waals surface area contributed by atoms with Crippen molar-refractivity contribution < 1.29 is 28.2 Å². The van der Waals surface area contributed by atoms with Crippen LogP contribution in [-0.2, 0) is 16.2 Å². The molecular formula is C26H20FI2N3O5. The number of ether oxygens (including phenoxy) is 2. The summed E-state index contributed by atoms with van der Waals surface area (Å²) in [4.78, 5) is 38.6. The van der Waals surface area contributed by atoms with Gasteiger partial charge in [0.25, 0.3) is 5.91 Å². The van der Waals surface area contributed by atoms with Crippen molar-refractivity contribution >= 4 is 74.8 Å². The maximum atomic E-state index is 13.4. The van der Waals surface area contributed by atoms with Gasteiger partial charge in [0.2, 0.25) is 5.91 Å². The quantitative estimate of drug-likeness (QED) is 0.190. The summed E-state index contributed by atoms with van der Waals surface area (Å²) in [6, 6.07) is 15.9. The highest BCUT2D eigenvalue weighted by Gasteiger charge is 2.35. The predicted octanol–water partition coefficient (Wildman–Crippen LogP) is 5.15. The van der Waals surface area contributed by atoms with Crippen LogP contribution in [-0.4, -0.2) is 36.4 Å². The van der Waals surface area contributed by atoms with Crippen molar-refractivity contribution in [2.75, 3.05) is 19.0 Å². The molecule has 3 aromatic carbocycles. The van der Waals surface area contributed by atoms with E-state index in [0.29, 0.717) is 28.3 Å². The van der Waals surface area contributed by atoms with Crippen molar-refractivity contribution in [2.45, 2.75) is 6.61 Å². The van der Waals surface area contributed by atoms with Gasteiger partial charge in [-0.3, -0.25) is 9.59 Å². The molecule has 1 fully saturated rings. The SMILES string of the molecule is COc1ccccc1NC(=O)CN1C(=O)N/C(=C/c2cc(I)c(OCc3cccc(F)c3)c(I)c2)C1=O. The molecule has 2 N–H and O–H groups in total. The Labute approximate surface area is 239 Å². The van der Waals surface area contributed by atoms with Crippen LogP contribution in [0.5, 0.6) is 11.5 Å². The van der Waals surface area contributed by atoms with Gasteiger partial charge in [-0.05, 0) is 98.8 Å². The zero-order chi connectivity index (χ0) is 26.5. The average molecular weight is 727 g/mol. The summed E-state index contributed by atoms with van der Waals surface area (Å²) in [6.07, 6.45) is 1.54. The molecule has 0 unspecified atom stereocenters. The molecule has 0 radical (unpaired) electrons. The minimum atomic E-state index is -0.689. The molecule has 190 valence electrons. The van der Waals surface area contributed by atoms with Crippen molar-refractivity contribution in [3.05, 3.63) is 90.4 Å². The number of imide groups is 1. The Morgan fingerprint density at radius 2 is 1.81 bits per heavy atom. The second-order valence-corrected chi connectivity index (χ2v) is 10.2. The molecule has 0 bridgehead atoms. The maximum absolute atomic E-state index is 13.4. The van der Waals surface area contributed by atoms with Gasteiger partial charge in [0.15, 0.2) is 0 Å². The second kappa shape index (κ2) is 11.9. The lowest BCUT2D eigenvalue weighted by Crippen LogP contribution is -2.38. The first-order chi connectivity index (χ1) is 17.7. The number of benzene rings is 3. The third kappa shape index (κ3) is 6.57. The summed E-state index contributed by atoms with van der Waals surface area (Å²) in [5, 5.41) is 5.17. The second-order valence-electron chi connectivity index (χ2n) is 7.86. The van der Waals surface area contributed by atoms with Gasteiger partial charge < -0.3 is 20.1 Å². The van der Waals surface area contributed by atoms with Crippen LogP contribution >= 0.6 is 45.2 Å². The zero-order valence-corrected chi connectivity index (χ0v) is 23.7. The molecule has 0 atom stereocenters. The fourth-order valence-electron chi connectivity index (χ4n) is 3.55. The van der Waals surface area contributed by atoms with Gasteiger partial charge in [0.05, 0.1) is 19.9 Å². The third-order valence-corrected chi connectivity index (χ3v) is 6.85. The molecule has 0 saturated carbocycles. The molecule has 0 aliphatic carbocycles. The minimum absolute atomic E-state index is 0.0510. The first-order valence-electron chi connectivity index (χ1n) is 10.9. The highest BCUT2D eigenvalue weighted by Crippen LogP contribution is 2.31. The van der Waals surface area contributed by atoms with E-state index in [9.17, 15) is 18.8 Å². The lowest BCUT2D eigenvalue weighted by atomic mass is 10.2. The van der Waals surface area contributed by atoms with Crippen molar-refractivity contribution in [2.24, 2.45) is 0 Å². The van der Waals surface area contributed by atoms with E-state index in [1.54, 1.807) is 54.6 Å². The highest BCUT2D eigenvalue weighted by atomic mass is 127. The van der Waals surface area contributed by atoms with Crippen LogP contribution in [0.15, 0.2) is 66.4 Å². The van der Waals surface area contributed by atoms with Gasteiger partial charge in [-0.15, -0.1) is 0 Å². The maximum Gasteiger partial charge on any atom is 0.329 e. The standard InChI is InChI=1S/C26H20FI2N3O5/c1-36-22-8-3-2-7-20(22)30-23(33)13-32-25(34)21(31-26(32)35)12-16-10-18(28)24(19(29)11-16)37-14-15-5-4-6-17(27)9-15/h2-12H,13-14H2,1H3,(H,30,33)(H,31,35)/b21-12+. The van der Waals surface area contributed by atoms with Crippen molar-refractivity contribution in [3.8, 4) is 11.5 Å². The van der Waals surface area contributed by atoms with E-state index in [-0.39, 0.29) is 18.1 Å². The van der Waals surface area contributed by atoms with Crippen molar-refractivity contribution in [3.63, 3.8) is 0 Å². The number of anilines is 1. The van der Waals surface area contributed by atoms with Gasteiger partial charge in [-0.1, -0.05) is 24.3 Å². The number of amides is 4. The summed E-state index contributed by atoms with van der Waals surface area (Å²) >= 11 is 4.23. The number of methoxy groups -OCH3 is 1. The van der Waals surface area contributed by atoms with Gasteiger partial charge in [0.1, 0.15) is 36.2 Å². The van der Waals surface area contributed by atoms with E-state index in [1.807, 2.05) is 0 Å². The first kappa shape index (κ1) is 26.9.